The van der Waals surface area contributed by atoms with E-state index in [2.05, 4.69) is 5.32 Å². The van der Waals surface area contributed by atoms with E-state index in [0.29, 0.717) is 5.75 Å². The van der Waals surface area contributed by atoms with Crippen molar-refractivity contribution >= 4 is 29.3 Å². The van der Waals surface area contributed by atoms with E-state index < -0.39 is 16.7 Å². The summed E-state index contributed by atoms with van der Waals surface area (Å²) in [6.45, 7) is -0.302. The lowest BCUT2D eigenvalue weighted by molar-refractivity contribution is -0.384. The van der Waals surface area contributed by atoms with Gasteiger partial charge in [-0.05, 0) is 29.8 Å². The lowest BCUT2D eigenvalue weighted by Gasteiger charge is -2.15. The van der Waals surface area contributed by atoms with Gasteiger partial charge in [-0.25, -0.2) is 0 Å². The Kier molecular flexibility index (Phi) is 6.69. The highest BCUT2D eigenvalue weighted by Crippen LogP contribution is 2.27. The number of nitrogens with zero attached hydrogens (tertiary/aromatic N) is 2. The molecule has 0 aliphatic carbocycles. The van der Waals surface area contributed by atoms with E-state index in [1.807, 2.05) is 0 Å². The Morgan fingerprint density at radius 2 is 2.04 bits per heavy atom. The fraction of sp³-hybridized carbons (Fsp3) is 0.158. The number of hydrogen-bond acceptors (Lipinski definition) is 6. The van der Waals surface area contributed by atoms with Crippen LogP contribution in [0.25, 0.3) is 6.08 Å². The van der Waals surface area contributed by atoms with Crippen molar-refractivity contribution < 1.29 is 24.4 Å². The van der Waals surface area contributed by atoms with Crippen molar-refractivity contribution in [3.05, 3.63) is 64.2 Å². The predicted octanol–water partition coefficient (Wildman–Crippen LogP) is 2.42. The van der Waals surface area contributed by atoms with E-state index >= 15 is 0 Å². The summed E-state index contributed by atoms with van der Waals surface area (Å²) in [6, 6.07) is 10.4. The molecular weight excluding hydrogens is 366 g/mol. The smallest absolute Gasteiger partial charge is 0.271 e. The summed E-state index contributed by atoms with van der Waals surface area (Å²) in [5.74, 6) is -0.687. The fourth-order valence-electron chi connectivity index (χ4n) is 2.26. The van der Waals surface area contributed by atoms with Gasteiger partial charge in [-0.1, -0.05) is 12.1 Å². The van der Waals surface area contributed by atoms with E-state index in [-0.39, 0.29) is 23.7 Å². The first-order chi connectivity index (χ1) is 13.3. The van der Waals surface area contributed by atoms with Crippen molar-refractivity contribution in [1.82, 2.24) is 4.90 Å². The second kappa shape index (κ2) is 9.17. The number of benzene rings is 2. The molecule has 2 N–H and O–H groups in total. The number of aromatic hydroxyl groups is 1. The first-order valence-corrected chi connectivity index (χ1v) is 8.14. The molecule has 2 amide bonds. The van der Waals surface area contributed by atoms with E-state index in [9.17, 15) is 24.8 Å². The van der Waals surface area contributed by atoms with Gasteiger partial charge in [0, 0.05) is 25.3 Å². The lowest BCUT2D eigenvalue weighted by Crippen LogP contribution is -2.33. The molecule has 0 unspecified atom stereocenters. The van der Waals surface area contributed by atoms with E-state index in [1.54, 1.807) is 37.5 Å². The number of anilines is 1. The van der Waals surface area contributed by atoms with Crippen LogP contribution in [-0.2, 0) is 9.59 Å². The number of phenolic OH excluding ortho intramolecular Hbond substituents is 1. The number of nitrogens with one attached hydrogen (secondary N) is 1. The molecule has 28 heavy (non-hydrogen) atoms. The molecule has 0 aromatic heterocycles. The summed E-state index contributed by atoms with van der Waals surface area (Å²) < 4.78 is 5.11. The van der Waals surface area contributed by atoms with E-state index in [0.717, 1.165) is 23.8 Å². The van der Waals surface area contributed by atoms with Crippen molar-refractivity contribution in [3.63, 3.8) is 0 Å². The molecule has 2 aromatic carbocycles. The number of nitro benzene ring substituents is 1. The molecule has 0 atom stereocenters. The average Bonchev–Trinajstić information content (AvgIpc) is 2.67. The van der Waals surface area contributed by atoms with Crippen molar-refractivity contribution in [3.8, 4) is 11.5 Å². The third-order valence-electron chi connectivity index (χ3n) is 3.73. The van der Waals surface area contributed by atoms with Crippen LogP contribution in [0.4, 0.5) is 11.4 Å². The Balaban J connectivity index is 1.98. The quantitative estimate of drug-likeness (QED) is 0.327. The number of methoxy groups -OCH3 is 1. The van der Waals surface area contributed by atoms with Gasteiger partial charge in [0.25, 0.3) is 5.69 Å². The maximum absolute atomic E-state index is 12.2. The Bertz CT molecular complexity index is 926. The number of rotatable bonds is 7. The van der Waals surface area contributed by atoms with E-state index in [4.69, 9.17) is 4.74 Å². The minimum absolute atomic E-state index is 0.105. The number of non-ortho nitro benzene ring substituents is 1. The summed E-state index contributed by atoms with van der Waals surface area (Å²) >= 11 is 0. The molecule has 2 aromatic rings. The van der Waals surface area contributed by atoms with Gasteiger partial charge < -0.3 is 20.1 Å². The summed E-state index contributed by atoms with van der Waals surface area (Å²) in [6.07, 6.45) is 2.90. The number of nitro groups is 1. The van der Waals surface area contributed by atoms with Gasteiger partial charge in [-0.15, -0.1) is 0 Å². The monoisotopic (exact) mass is 385 g/mol. The molecule has 0 saturated heterocycles. The molecule has 9 heteroatoms. The van der Waals surface area contributed by atoms with Crippen LogP contribution in [0.3, 0.4) is 0 Å². The number of carbonyl (C=O) groups is 2. The first kappa shape index (κ1) is 20.4. The second-order valence-electron chi connectivity index (χ2n) is 5.81. The minimum Gasteiger partial charge on any atom is -0.506 e. The summed E-state index contributed by atoms with van der Waals surface area (Å²) in [5.41, 5.74) is 0.373. The van der Waals surface area contributed by atoms with Crippen molar-refractivity contribution in [2.45, 2.75) is 0 Å². The molecule has 0 aliphatic heterocycles. The number of hydrogen-bond donors (Lipinski definition) is 2. The average molecular weight is 385 g/mol. The van der Waals surface area contributed by atoms with Gasteiger partial charge >= 0.3 is 0 Å². The lowest BCUT2D eigenvalue weighted by atomic mass is 10.2. The third kappa shape index (κ3) is 5.56. The third-order valence-corrected chi connectivity index (χ3v) is 3.73. The first-order valence-electron chi connectivity index (χ1n) is 8.14. The summed E-state index contributed by atoms with van der Waals surface area (Å²) in [7, 11) is 2.98. The Morgan fingerprint density at radius 1 is 1.29 bits per heavy atom. The topological polar surface area (TPSA) is 122 Å². The number of phenols is 1. The Hall–Kier alpha value is -3.88. The highest BCUT2D eigenvalue weighted by atomic mass is 16.6. The molecule has 0 aliphatic rings. The number of carbonyl (C=O) groups excluding carboxylic acids is 2. The molecule has 0 radical (unpaired) electrons. The molecule has 0 bridgehead atoms. The largest absolute Gasteiger partial charge is 0.506 e. The summed E-state index contributed by atoms with van der Waals surface area (Å²) in [5, 5.41) is 22.9. The molecule has 9 nitrogen and oxygen atoms in total. The molecule has 0 heterocycles. The number of likely N-dealkylation sites (N-methyl/N-ethyl adjacent to an activating group) is 1. The highest BCUT2D eigenvalue weighted by molar-refractivity contribution is 5.98. The predicted molar refractivity (Wildman–Crippen MR) is 103 cm³/mol. The molecular formula is C19H19N3O6. The van der Waals surface area contributed by atoms with Crippen LogP contribution in [0.2, 0.25) is 0 Å². The highest BCUT2D eigenvalue weighted by Gasteiger charge is 2.15. The summed E-state index contributed by atoms with van der Waals surface area (Å²) in [4.78, 5) is 35.6. The van der Waals surface area contributed by atoms with Gasteiger partial charge in [0.1, 0.15) is 11.5 Å². The number of amides is 2. The maximum atomic E-state index is 12.2. The van der Waals surface area contributed by atoms with Gasteiger partial charge in [-0.3, -0.25) is 19.7 Å². The van der Waals surface area contributed by atoms with Crippen LogP contribution in [0.1, 0.15) is 5.56 Å². The van der Waals surface area contributed by atoms with Gasteiger partial charge in [0.15, 0.2) is 0 Å². The molecule has 146 valence electrons. The van der Waals surface area contributed by atoms with Crippen LogP contribution >= 0.6 is 0 Å². The zero-order valence-corrected chi connectivity index (χ0v) is 15.3. The van der Waals surface area contributed by atoms with Gasteiger partial charge in [-0.2, -0.15) is 0 Å². The van der Waals surface area contributed by atoms with Crippen LogP contribution in [0.5, 0.6) is 11.5 Å². The maximum Gasteiger partial charge on any atom is 0.271 e. The minimum atomic E-state index is -0.645. The SMILES string of the molecule is COc1cccc(/C=C/C(=O)N(C)CC(=O)Nc2cc([N+](=O)[O-])ccc2O)c1. The zero-order chi connectivity index (χ0) is 20.7. The van der Waals surface area contributed by atoms with Crippen molar-refractivity contribution in [1.29, 1.82) is 0 Å². The van der Waals surface area contributed by atoms with E-state index in [1.165, 1.54) is 18.0 Å². The van der Waals surface area contributed by atoms with Crippen molar-refractivity contribution in [2.24, 2.45) is 0 Å². The second-order valence-corrected chi connectivity index (χ2v) is 5.81. The van der Waals surface area contributed by atoms with Crippen LogP contribution in [0.15, 0.2) is 48.5 Å². The van der Waals surface area contributed by atoms with Crippen LogP contribution in [0, 0.1) is 10.1 Å². The Morgan fingerprint density at radius 3 is 2.71 bits per heavy atom. The normalized spacial score (nSPS) is 10.5. The zero-order valence-electron chi connectivity index (χ0n) is 15.3. The van der Waals surface area contributed by atoms with Gasteiger partial charge in [0.2, 0.25) is 11.8 Å². The van der Waals surface area contributed by atoms with Crippen molar-refractivity contribution in [2.75, 3.05) is 26.0 Å². The number of ether oxygens (including phenoxy) is 1. The fourth-order valence-corrected chi connectivity index (χ4v) is 2.26. The molecule has 0 fully saturated rings. The molecule has 0 spiro atoms. The molecule has 2 rings (SSSR count). The Labute approximate surface area is 161 Å². The van der Waals surface area contributed by atoms with Crippen LogP contribution in [-0.4, -0.2) is 47.4 Å². The van der Waals surface area contributed by atoms with Crippen LogP contribution < -0.4 is 10.1 Å². The van der Waals surface area contributed by atoms with Gasteiger partial charge in [0.05, 0.1) is 24.3 Å². The molecule has 0 saturated carbocycles. The standard InChI is InChI=1S/C19H19N3O6/c1-21(19(25)9-6-13-4-3-5-15(10-13)28-2)12-18(24)20-16-11-14(22(26)27)7-8-17(16)23/h3-11,23H,12H2,1-2H3,(H,20,24)/b9-6+.